The van der Waals surface area contributed by atoms with Gasteiger partial charge in [-0.1, -0.05) is 6.07 Å². The molecule has 0 saturated carbocycles. The van der Waals surface area contributed by atoms with Crippen molar-refractivity contribution >= 4 is 16.9 Å². The van der Waals surface area contributed by atoms with E-state index < -0.39 is 0 Å². The predicted molar refractivity (Wildman–Crippen MR) is 73.3 cm³/mol. The largest absolute Gasteiger partial charge is 0.346 e. The van der Waals surface area contributed by atoms with E-state index in [0.29, 0.717) is 12.1 Å². The molecule has 92 valence electrons. The maximum atomic E-state index is 4.68. The Hall–Kier alpha value is -1.03. The molecule has 2 heterocycles. The van der Waals surface area contributed by atoms with E-state index in [-0.39, 0.29) is 0 Å². The summed E-state index contributed by atoms with van der Waals surface area (Å²) < 4.78 is 0. The van der Waals surface area contributed by atoms with Gasteiger partial charge in [0.2, 0.25) is 0 Å². The van der Waals surface area contributed by atoms with Crippen molar-refractivity contribution < 1.29 is 0 Å². The van der Waals surface area contributed by atoms with Gasteiger partial charge in [-0.25, -0.2) is 4.98 Å². The van der Waals surface area contributed by atoms with Crippen molar-refractivity contribution in [1.29, 1.82) is 0 Å². The zero-order chi connectivity index (χ0) is 12.4. The Kier molecular flexibility index (Phi) is 3.72. The lowest BCUT2D eigenvalue weighted by Crippen LogP contribution is -2.41. The van der Waals surface area contributed by atoms with Crippen LogP contribution in [-0.2, 0) is 6.54 Å². The fraction of sp³-hybridized carbons (Fsp3) is 0.538. The van der Waals surface area contributed by atoms with Crippen LogP contribution < -0.4 is 0 Å². The second-order valence-electron chi connectivity index (χ2n) is 4.76. The highest BCUT2D eigenvalue weighted by molar-refractivity contribution is 8.13. The Morgan fingerprint density at radius 2 is 1.94 bits per heavy atom. The van der Waals surface area contributed by atoms with Gasteiger partial charge in [-0.2, -0.15) is 0 Å². The summed E-state index contributed by atoms with van der Waals surface area (Å²) in [5.74, 6) is 0. The third-order valence-corrected chi connectivity index (χ3v) is 3.84. The first-order valence-corrected chi connectivity index (χ1v) is 6.85. The van der Waals surface area contributed by atoms with Gasteiger partial charge >= 0.3 is 0 Å². The van der Waals surface area contributed by atoms with Gasteiger partial charge in [0.25, 0.3) is 0 Å². The highest BCUT2D eigenvalue weighted by Gasteiger charge is 2.23. The van der Waals surface area contributed by atoms with Gasteiger partial charge < -0.3 is 4.90 Å². The molecular formula is C13H19N3S. The average Bonchev–Trinajstić information content (AvgIpc) is 2.28. The van der Waals surface area contributed by atoms with E-state index in [2.05, 4.69) is 48.6 Å². The first-order valence-electron chi connectivity index (χ1n) is 6.04. The summed E-state index contributed by atoms with van der Waals surface area (Å²) in [4.78, 5) is 11.5. The molecule has 0 radical (unpaired) electrons. The zero-order valence-electron chi connectivity index (χ0n) is 10.8. The lowest BCUT2D eigenvalue weighted by atomic mass is 10.2. The van der Waals surface area contributed by atoms with Crippen molar-refractivity contribution in [2.24, 2.45) is 4.99 Å². The molecule has 0 unspecified atom stereocenters. The Morgan fingerprint density at radius 3 is 2.59 bits per heavy atom. The van der Waals surface area contributed by atoms with E-state index in [0.717, 1.165) is 16.7 Å². The Morgan fingerprint density at radius 1 is 1.24 bits per heavy atom. The van der Waals surface area contributed by atoms with Crippen LogP contribution in [0.1, 0.15) is 33.3 Å². The molecule has 1 aromatic heterocycles. The molecule has 0 N–H and O–H groups in total. The molecule has 17 heavy (non-hydrogen) atoms. The van der Waals surface area contributed by atoms with E-state index >= 15 is 0 Å². The van der Waals surface area contributed by atoms with Crippen LogP contribution in [0.5, 0.6) is 0 Å². The molecule has 0 amide bonds. The van der Waals surface area contributed by atoms with Gasteiger partial charge in [-0.05, 0) is 45.5 Å². The van der Waals surface area contributed by atoms with Crippen molar-refractivity contribution in [3.8, 4) is 0 Å². The first kappa shape index (κ1) is 12.4. The van der Waals surface area contributed by atoms with E-state index in [4.69, 9.17) is 0 Å². The lowest BCUT2D eigenvalue weighted by Gasteiger charge is -2.34. The molecule has 1 aliphatic rings. The Balaban J connectivity index is 2.23. The van der Waals surface area contributed by atoms with Crippen LogP contribution in [0, 0.1) is 0 Å². The van der Waals surface area contributed by atoms with E-state index in [1.165, 1.54) is 5.56 Å². The van der Waals surface area contributed by atoms with Crippen LogP contribution in [0.3, 0.4) is 0 Å². The minimum absolute atomic E-state index is 0.464. The van der Waals surface area contributed by atoms with E-state index in [1.54, 1.807) is 11.8 Å². The van der Waals surface area contributed by atoms with Crippen molar-refractivity contribution in [3.05, 3.63) is 23.9 Å². The van der Waals surface area contributed by atoms with Gasteiger partial charge in [-0.15, -0.1) is 0 Å². The fourth-order valence-electron chi connectivity index (χ4n) is 2.08. The summed E-state index contributed by atoms with van der Waals surface area (Å²) in [7, 11) is 0. The van der Waals surface area contributed by atoms with Crippen LogP contribution in [0.4, 0.5) is 0 Å². The third-order valence-electron chi connectivity index (χ3n) is 2.76. The number of rotatable bonds is 2. The number of pyridine rings is 1. The second-order valence-corrected chi connectivity index (χ2v) is 5.72. The molecule has 1 aromatic rings. The van der Waals surface area contributed by atoms with Crippen LogP contribution in [0.15, 0.2) is 28.3 Å². The van der Waals surface area contributed by atoms with E-state index in [9.17, 15) is 0 Å². The summed E-state index contributed by atoms with van der Waals surface area (Å²) in [5, 5.41) is 2.20. The number of hydrogen-bond acceptors (Lipinski definition) is 4. The number of nitrogens with zero attached hydrogens (tertiary/aromatic N) is 3. The maximum absolute atomic E-state index is 4.68. The predicted octanol–water partition coefficient (Wildman–Crippen LogP) is 3.16. The second kappa shape index (κ2) is 5.08. The van der Waals surface area contributed by atoms with Gasteiger partial charge in [0, 0.05) is 23.8 Å². The maximum Gasteiger partial charge on any atom is 0.166 e. The van der Waals surface area contributed by atoms with Crippen LogP contribution in [-0.4, -0.2) is 27.1 Å². The third kappa shape index (κ3) is 2.63. The van der Waals surface area contributed by atoms with E-state index in [1.807, 2.05) is 12.3 Å². The number of aliphatic imine (C=N–C) groups is 1. The minimum atomic E-state index is 0.464. The van der Waals surface area contributed by atoms with Crippen LogP contribution >= 0.6 is 11.8 Å². The first-order chi connectivity index (χ1) is 8.09. The SMILES string of the molecule is CC(C)N(C1=NCc2cccnc2S1)C(C)C. The van der Waals surface area contributed by atoms with Crippen molar-refractivity contribution in [2.45, 2.75) is 51.3 Å². The molecule has 0 atom stereocenters. The molecule has 0 aromatic carbocycles. The summed E-state index contributed by atoms with van der Waals surface area (Å²) in [6.07, 6.45) is 1.85. The Labute approximate surface area is 107 Å². The van der Waals surface area contributed by atoms with Crippen molar-refractivity contribution in [3.63, 3.8) is 0 Å². The Bertz CT molecular complexity index is 418. The molecule has 0 aliphatic carbocycles. The van der Waals surface area contributed by atoms with Gasteiger partial charge in [0.1, 0.15) is 5.03 Å². The number of fused-ring (bicyclic) bond motifs is 1. The lowest BCUT2D eigenvalue weighted by molar-refractivity contribution is 0.297. The molecule has 0 fully saturated rings. The summed E-state index contributed by atoms with van der Waals surface area (Å²) in [5.41, 5.74) is 1.23. The molecule has 0 spiro atoms. The standard InChI is InChI=1S/C13H19N3S/c1-9(2)16(10(3)4)13-15-8-11-6-5-7-14-12(11)17-13/h5-7,9-10H,8H2,1-4H3. The van der Waals surface area contributed by atoms with Gasteiger partial charge in [0.15, 0.2) is 5.17 Å². The molecule has 4 heteroatoms. The number of hydrogen-bond donors (Lipinski definition) is 0. The normalized spacial score (nSPS) is 14.8. The summed E-state index contributed by atoms with van der Waals surface area (Å²) >= 11 is 1.69. The number of amidine groups is 1. The zero-order valence-corrected chi connectivity index (χ0v) is 11.7. The van der Waals surface area contributed by atoms with Crippen LogP contribution in [0.25, 0.3) is 0 Å². The highest BCUT2D eigenvalue weighted by atomic mass is 32.2. The van der Waals surface area contributed by atoms with Crippen LogP contribution in [0.2, 0.25) is 0 Å². The number of thioether (sulfide) groups is 1. The summed E-state index contributed by atoms with van der Waals surface area (Å²) in [6, 6.07) is 5.01. The quantitative estimate of drug-likeness (QED) is 0.806. The minimum Gasteiger partial charge on any atom is -0.346 e. The monoisotopic (exact) mass is 249 g/mol. The van der Waals surface area contributed by atoms with Gasteiger partial charge in [0.05, 0.1) is 6.54 Å². The number of aromatic nitrogens is 1. The highest BCUT2D eigenvalue weighted by Crippen LogP contribution is 2.30. The molecule has 1 aliphatic heterocycles. The molecular weight excluding hydrogens is 230 g/mol. The van der Waals surface area contributed by atoms with Crippen molar-refractivity contribution in [2.75, 3.05) is 0 Å². The molecule has 2 rings (SSSR count). The summed E-state index contributed by atoms with van der Waals surface area (Å²) in [6.45, 7) is 9.57. The smallest absolute Gasteiger partial charge is 0.166 e. The molecule has 0 saturated heterocycles. The van der Waals surface area contributed by atoms with Crippen molar-refractivity contribution in [1.82, 2.24) is 9.88 Å². The fourth-order valence-corrected chi connectivity index (χ4v) is 3.29. The average molecular weight is 249 g/mol. The molecule has 3 nitrogen and oxygen atoms in total. The molecule has 0 bridgehead atoms. The topological polar surface area (TPSA) is 28.5 Å². The van der Waals surface area contributed by atoms with Gasteiger partial charge in [-0.3, -0.25) is 4.99 Å².